The fourth-order valence-corrected chi connectivity index (χ4v) is 2.70. The number of rotatable bonds is 3. The third kappa shape index (κ3) is 1.54. The Kier molecular flexibility index (Phi) is 2.26. The minimum absolute atomic E-state index is 0.489. The van der Waals surface area contributed by atoms with Crippen molar-refractivity contribution in [1.29, 1.82) is 0 Å². The lowest BCUT2D eigenvalue weighted by Gasteiger charge is -2.01. The van der Waals surface area contributed by atoms with Gasteiger partial charge in [-0.2, -0.15) is 0 Å². The molecule has 0 amide bonds. The Bertz CT molecular complexity index is 511. The zero-order chi connectivity index (χ0) is 11.1. The van der Waals surface area contributed by atoms with Crippen LogP contribution in [0.15, 0.2) is 6.33 Å². The molecule has 0 bridgehead atoms. The highest BCUT2D eigenvalue weighted by Gasteiger charge is 2.27. The van der Waals surface area contributed by atoms with E-state index in [4.69, 9.17) is 5.73 Å². The fraction of sp³-hybridized carbons (Fsp3) is 0.500. The number of aryl methyl sites for hydroxylation is 1. The van der Waals surface area contributed by atoms with Gasteiger partial charge < -0.3 is 10.3 Å². The molecule has 16 heavy (non-hydrogen) atoms. The lowest BCUT2D eigenvalue weighted by Crippen LogP contribution is -1.95. The minimum Gasteiger partial charge on any atom is -0.325 e. The molecule has 1 saturated carbocycles. The molecule has 2 heterocycles. The summed E-state index contributed by atoms with van der Waals surface area (Å²) in [4.78, 5) is 5.52. The second-order valence-electron chi connectivity index (χ2n) is 4.02. The predicted octanol–water partition coefficient (Wildman–Crippen LogP) is 1.50. The monoisotopic (exact) mass is 235 g/mol. The molecule has 0 unspecified atom stereocenters. The van der Waals surface area contributed by atoms with Crippen LogP contribution in [-0.2, 0) is 6.54 Å². The molecule has 6 heteroatoms. The number of nitrogens with zero attached hydrogens (tertiary/aromatic N) is 4. The average Bonchev–Trinajstić information content (AvgIpc) is 2.89. The standard InChI is InChI=1S/C10H13N5S/c1-6-9(16-8(4-11)13-6)10-14-12-5-15(10)7-2-3-7/h5,7H,2-4,11H2,1H3. The summed E-state index contributed by atoms with van der Waals surface area (Å²) in [6.45, 7) is 2.49. The molecule has 0 atom stereocenters. The largest absolute Gasteiger partial charge is 0.325 e. The SMILES string of the molecule is Cc1nc(CN)sc1-c1nncn1C1CC1. The molecule has 1 aliphatic rings. The van der Waals surface area contributed by atoms with Crippen molar-refractivity contribution in [1.82, 2.24) is 19.7 Å². The van der Waals surface area contributed by atoms with Gasteiger partial charge >= 0.3 is 0 Å². The van der Waals surface area contributed by atoms with E-state index in [-0.39, 0.29) is 0 Å². The maximum absolute atomic E-state index is 5.60. The van der Waals surface area contributed by atoms with E-state index in [1.807, 2.05) is 13.3 Å². The van der Waals surface area contributed by atoms with Crippen LogP contribution in [-0.4, -0.2) is 19.7 Å². The first kappa shape index (κ1) is 9.92. The molecule has 1 aliphatic carbocycles. The van der Waals surface area contributed by atoms with Crippen molar-refractivity contribution in [2.75, 3.05) is 0 Å². The van der Waals surface area contributed by atoms with Crippen LogP contribution >= 0.6 is 11.3 Å². The maximum Gasteiger partial charge on any atom is 0.176 e. The summed E-state index contributed by atoms with van der Waals surface area (Å²) in [7, 11) is 0. The van der Waals surface area contributed by atoms with Crippen LogP contribution < -0.4 is 5.73 Å². The lowest BCUT2D eigenvalue weighted by molar-refractivity contribution is 0.746. The van der Waals surface area contributed by atoms with E-state index in [0.29, 0.717) is 12.6 Å². The van der Waals surface area contributed by atoms with Gasteiger partial charge in [0.15, 0.2) is 5.82 Å². The molecule has 84 valence electrons. The molecule has 2 aromatic rings. The van der Waals surface area contributed by atoms with E-state index >= 15 is 0 Å². The molecule has 3 rings (SSSR count). The zero-order valence-corrected chi connectivity index (χ0v) is 9.87. The van der Waals surface area contributed by atoms with Crippen LogP contribution in [0, 0.1) is 6.92 Å². The van der Waals surface area contributed by atoms with E-state index in [9.17, 15) is 0 Å². The summed E-state index contributed by atoms with van der Waals surface area (Å²) in [6, 6.07) is 0.591. The van der Waals surface area contributed by atoms with Gasteiger partial charge in [0.2, 0.25) is 0 Å². The van der Waals surface area contributed by atoms with Gasteiger partial charge in [0.1, 0.15) is 11.3 Å². The minimum atomic E-state index is 0.489. The van der Waals surface area contributed by atoms with Crippen LogP contribution in [0.25, 0.3) is 10.7 Å². The summed E-state index contributed by atoms with van der Waals surface area (Å²) in [5, 5.41) is 9.15. The first-order valence-corrected chi connectivity index (χ1v) is 6.17. The van der Waals surface area contributed by atoms with Crippen molar-refractivity contribution < 1.29 is 0 Å². The molecule has 0 saturated heterocycles. The Balaban J connectivity index is 2.06. The number of hydrogen-bond donors (Lipinski definition) is 1. The second kappa shape index (κ2) is 3.64. The smallest absolute Gasteiger partial charge is 0.176 e. The third-order valence-electron chi connectivity index (χ3n) is 2.73. The molecule has 0 aliphatic heterocycles. The molecular weight excluding hydrogens is 222 g/mol. The zero-order valence-electron chi connectivity index (χ0n) is 9.05. The Morgan fingerprint density at radius 1 is 1.56 bits per heavy atom. The number of thiazole rings is 1. The third-order valence-corrected chi connectivity index (χ3v) is 3.91. The molecule has 0 spiro atoms. The Hall–Kier alpha value is -1.27. The van der Waals surface area contributed by atoms with Gasteiger partial charge in [-0.15, -0.1) is 21.5 Å². The van der Waals surface area contributed by atoms with Crippen LogP contribution in [0.4, 0.5) is 0 Å². The van der Waals surface area contributed by atoms with E-state index in [1.54, 1.807) is 11.3 Å². The Morgan fingerprint density at radius 2 is 2.38 bits per heavy atom. The Morgan fingerprint density at radius 3 is 3.00 bits per heavy atom. The highest BCUT2D eigenvalue weighted by Crippen LogP contribution is 2.39. The van der Waals surface area contributed by atoms with E-state index in [0.717, 1.165) is 21.4 Å². The molecular formula is C10H13N5S. The van der Waals surface area contributed by atoms with Crippen LogP contribution in [0.5, 0.6) is 0 Å². The fourth-order valence-electron chi connectivity index (χ4n) is 1.77. The van der Waals surface area contributed by atoms with Gasteiger partial charge in [0.25, 0.3) is 0 Å². The molecule has 2 aromatic heterocycles. The van der Waals surface area contributed by atoms with Gasteiger partial charge in [-0.05, 0) is 19.8 Å². The highest BCUT2D eigenvalue weighted by atomic mass is 32.1. The first-order valence-electron chi connectivity index (χ1n) is 5.36. The van der Waals surface area contributed by atoms with Crippen molar-refractivity contribution in [2.45, 2.75) is 32.4 Å². The van der Waals surface area contributed by atoms with Gasteiger partial charge in [-0.3, -0.25) is 0 Å². The second-order valence-corrected chi connectivity index (χ2v) is 5.10. The van der Waals surface area contributed by atoms with Crippen LogP contribution in [0.3, 0.4) is 0 Å². The molecule has 0 aromatic carbocycles. The molecule has 1 fully saturated rings. The normalized spacial score (nSPS) is 15.6. The number of nitrogens with two attached hydrogens (primary N) is 1. The van der Waals surface area contributed by atoms with Crippen LogP contribution in [0.2, 0.25) is 0 Å². The lowest BCUT2D eigenvalue weighted by atomic mass is 10.3. The van der Waals surface area contributed by atoms with Gasteiger partial charge in [-0.25, -0.2) is 4.98 Å². The van der Waals surface area contributed by atoms with E-state index in [2.05, 4.69) is 19.7 Å². The topological polar surface area (TPSA) is 69.6 Å². The quantitative estimate of drug-likeness (QED) is 0.875. The van der Waals surface area contributed by atoms with Crippen molar-refractivity contribution in [3.63, 3.8) is 0 Å². The summed E-state index contributed by atoms with van der Waals surface area (Å²) in [5.74, 6) is 0.942. The molecule has 5 nitrogen and oxygen atoms in total. The highest BCUT2D eigenvalue weighted by molar-refractivity contribution is 7.15. The van der Waals surface area contributed by atoms with Crippen LogP contribution in [0.1, 0.15) is 29.6 Å². The van der Waals surface area contributed by atoms with Gasteiger partial charge in [0.05, 0.1) is 10.6 Å². The summed E-state index contributed by atoms with van der Waals surface area (Å²) in [5.41, 5.74) is 6.60. The van der Waals surface area contributed by atoms with E-state index < -0.39 is 0 Å². The van der Waals surface area contributed by atoms with Crippen molar-refractivity contribution in [3.05, 3.63) is 17.0 Å². The predicted molar refractivity (Wildman–Crippen MR) is 62.0 cm³/mol. The Labute approximate surface area is 97.3 Å². The summed E-state index contributed by atoms with van der Waals surface area (Å²) >= 11 is 1.62. The average molecular weight is 235 g/mol. The summed E-state index contributed by atoms with van der Waals surface area (Å²) < 4.78 is 2.15. The van der Waals surface area contributed by atoms with Crippen molar-refractivity contribution in [2.24, 2.45) is 5.73 Å². The number of aromatic nitrogens is 4. The number of hydrogen-bond acceptors (Lipinski definition) is 5. The maximum atomic E-state index is 5.60. The first-order chi connectivity index (χ1) is 7.79. The van der Waals surface area contributed by atoms with Crippen molar-refractivity contribution >= 4 is 11.3 Å². The summed E-state index contributed by atoms with van der Waals surface area (Å²) in [6.07, 6.45) is 4.27. The molecule has 2 N–H and O–H groups in total. The van der Waals surface area contributed by atoms with Gasteiger partial charge in [-0.1, -0.05) is 0 Å². The van der Waals surface area contributed by atoms with E-state index in [1.165, 1.54) is 12.8 Å². The van der Waals surface area contributed by atoms with Crippen molar-refractivity contribution in [3.8, 4) is 10.7 Å². The molecule has 0 radical (unpaired) electrons. The van der Waals surface area contributed by atoms with Gasteiger partial charge in [0, 0.05) is 12.6 Å².